The van der Waals surface area contributed by atoms with Gasteiger partial charge in [-0.1, -0.05) is 48.5 Å². The summed E-state index contributed by atoms with van der Waals surface area (Å²) in [6.45, 7) is 1.57. The van der Waals surface area contributed by atoms with E-state index in [4.69, 9.17) is 4.42 Å². The minimum absolute atomic E-state index is 0.0383. The van der Waals surface area contributed by atoms with Gasteiger partial charge in [-0.25, -0.2) is 0 Å². The number of para-hydroxylation sites is 1. The molecule has 1 heterocycles. The van der Waals surface area contributed by atoms with Gasteiger partial charge in [0.15, 0.2) is 0 Å². The topological polar surface area (TPSA) is 45.5 Å². The van der Waals surface area contributed by atoms with E-state index < -0.39 is 0 Å². The van der Waals surface area contributed by atoms with Crippen molar-refractivity contribution >= 4 is 11.6 Å². The molecule has 4 nitrogen and oxygen atoms in total. The van der Waals surface area contributed by atoms with Crippen LogP contribution in [0, 0.1) is 0 Å². The summed E-state index contributed by atoms with van der Waals surface area (Å²) in [5.41, 5.74) is 1.97. The number of nitrogens with zero attached hydrogens (tertiary/aromatic N) is 1. The first-order chi connectivity index (χ1) is 11.8. The number of carbonyl (C=O) groups is 1. The van der Waals surface area contributed by atoms with Crippen molar-refractivity contribution in [1.82, 2.24) is 4.90 Å². The van der Waals surface area contributed by atoms with Gasteiger partial charge in [-0.15, -0.1) is 0 Å². The van der Waals surface area contributed by atoms with E-state index in [-0.39, 0.29) is 5.91 Å². The number of hydrogen-bond donors (Lipinski definition) is 1. The fourth-order valence-electron chi connectivity index (χ4n) is 2.56. The second kappa shape index (κ2) is 8.13. The van der Waals surface area contributed by atoms with Crippen LogP contribution in [-0.4, -0.2) is 17.4 Å². The van der Waals surface area contributed by atoms with Crippen molar-refractivity contribution in [1.29, 1.82) is 0 Å². The van der Waals surface area contributed by atoms with Crippen molar-refractivity contribution in [3.05, 3.63) is 90.4 Å². The summed E-state index contributed by atoms with van der Waals surface area (Å²) in [6.07, 6.45) is 1.65. The first-order valence-electron chi connectivity index (χ1n) is 7.93. The van der Waals surface area contributed by atoms with Gasteiger partial charge in [0.2, 0.25) is 5.91 Å². The molecule has 3 aromatic rings. The van der Waals surface area contributed by atoms with E-state index in [0.717, 1.165) is 17.0 Å². The molecule has 2 aromatic carbocycles. The van der Waals surface area contributed by atoms with Gasteiger partial charge in [-0.2, -0.15) is 0 Å². The highest BCUT2D eigenvalue weighted by Gasteiger charge is 2.13. The summed E-state index contributed by atoms with van der Waals surface area (Å²) < 4.78 is 5.43. The first kappa shape index (κ1) is 16.0. The van der Waals surface area contributed by atoms with Gasteiger partial charge >= 0.3 is 0 Å². The van der Waals surface area contributed by atoms with Gasteiger partial charge in [0.1, 0.15) is 5.76 Å². The van der Waals surface area contributed by atoms with Crippen LogP contribution in [0.25, 0.3) is 0 Å². The number of rotatable bonds is 7. The second-order valence-corrected chi connectivity index (χ2v) is 5.62. The number of furan rings is 1. The molecule has 0 bridgehead atoms. The highest BCUT2D eigenvalue weighted by atomic mass is 16.3. The third kappa shape index (κ3) is 4.83. The molecule has 4 heteroatoms. The molecule has 0 saturated heterocycles. The summed E-state index contributed by atoms with van der Waals surface area (Å²) in [5, 5.41) is 2.93. The zero-order chi connectivity index (χ0) is 16.6. The number of anilines is 1. The maximum absolute atomic E-state index is 12.4. The lowest BCUT2D eigenvalue weighted by Gasteiger charge is -2.21. The first-order valence-corrected chi connectivity index (χ1v) is 7.93. The van der Waals surface area contributed by atoms with Crippen LogP contribution in [0.2, 0.25) is 0 Å². The van der Waals surface area contributed by atoms with E-state index in [1.54, 1.807) is 6.26 Å². The smallest absolute Gasteiger partial charge is 0.238 e. The molecule has 0 atom stereocenters. The third-order valence-corrected chi connectivity index (χ3v) is 3.63. The number of carbonyl (C=O) groups excluding carboxylic acids is 1. The molecule has 0 aliphatic carbocycles. The zero-order valence-electron chi connectivity index (χ0n) is 13.4. The number of nitrogens with one attached hydrogen (secondary N) is 1. The molecule has 0 aliphatic rings. The Morgan fingerprint density at radius 3 is 2.25 bits per heavy atom. The second-order valence-electron chi connectivity index (χ2n) is 5.62. The van der Waals surface area contributed by atoms with Crippen LogP contribution < -0.4 is 5.32 Å². The Morgan fingerprint density at radius 2 is 1.58 bits per heavy atom. The van der Waals surface area contributed by atoms with E-state index in [1.807, 2.05) is 60.7 Å². The number of benzene rings is 2. The van der Waals surface area contributed by atoms with Crippen molar-refractivity contribution in [3.63, 3.8) is 0 Å². The lowest BCUT2D eigenvalue weighted by Crippen LogP contribution is -2.32. The summed E-state index contributed by atoms with van der Waals surface area (Å²) >= 11 is 0. The van der Waals surface area contributed by atoms with E-state index in [1.165, 1.54) is 0 Å². The molecule has 122 valence electrons. The van der Waals surface area contributed by atoms with Crippen LogP contribution in [-0.2, 0) is 17.9 Å². The van der Waals surface area contributed by atoms with Crippen molar-refractivity contribution in [2.45, 2.75) is 13.1 Å². The molecule has 0 spiro atoms. The van der Waals surface area contributed by atoms with Gasteiger partial charge in [-0.05, 0) is 29.8 Å². The van der Waals surface area contributed by atoms with Crippen LogP contribution in [0.4, 0.5) is 5.69 Å². The molecule has 0 aliphatic heterocycles. The van der Waals surface area contributed by atoms with Crippen molar-refractivity contribution in [3.8, 4) is 0 Å². The highest BCUT2D eigenvalue weighted by Crippen LogP contribution is 2.11. The minimum atomic E-state index is -0.0383. The molecule has 3 rings (SSSR count). The predicted molar refractivity (Wildman–Crippen MR) is 94.3 cm³/mol. The summed E-state index contributed by atoms with van der Waals surface area (Å²) in [6, 6.07) is 23.4. The molecule has 0 saturated carbocycles. The van der Waals surface area contributed by atoms with Crippen LogP contribution in [0.3, 0.4) is 0 Å². The van der Waals surface area contributed by atoms with Gasteiger partial charge in [0.25, 0.3) is 0 Å². The Balaban J connectivity index is 1.65. The molecule has 1 amide bonds. The van der Waals surface area contributed by atoms with Crippen molar-refractivity contribution < 1.29 is 9.21 Å². The Bertz CT molecular complexity index is 740. The Labute approximate surface area is 141 Å². The van der Waals surface area contributed by atoms with Crippen LogP contribution in [0.5, 0.6) is 0 Å². The van der Waals surface area contributed by atoms with Gasteiger partial charge < -0.3 is 9.73 Å². The van der Waals surface area contributed by atoms with E-state index in [0.29, 0.717) is 19.6 Å². The lowest BCUT2D eigenvalue weighted by molar-refractivity contribution is -0.117. The predicted octanol–water partition coefficient (Wildman–Crippen LogP) is 3.92. The summed E-state index contributed by atoms with van der Waals surface area (Å²) in [4.78, 5) is 14.4. The SMILES string of the molecule is O=C(CN(Cc1ccccc1)Cc1ccco1)Nc1ccccc1. The quantitative estimate of drug-likeness (QED) is 0.717. The van der Waals surface area contributed by atoms with Crippen molar-refractivity contribution in [2.24, 2.45) is 0 Å². The average Bonchev–Trinajstić information content (AvgIpc) is 3.09. The Hall–Kier alpha value is -2.85. The fraction of sp³-hybridized carbons (Fsp3) is 0.150. The normalized spacial score (nSPS) is 10.7. The van der Waals surface area contributed by atoms with Gasteiger partial charge in [0, 0.05) is 12.2 Å². The molecule has 0 fully saturated rings. The van der Waals surface area contributed by atoms with E-state index >= 15 is 0 Å². The fourth-order valence-corrected chi connectivity index (χ4v) is 2.56. The lowest BCUT2D eigenvalue weighted by atomic mass is 10.2. The molecular weight excluding hydrogens is 300 g/mol. The summed E-state index contributed by atoms with van der Waals surface area (Å²) in [7, 11) is 0. The molecule has 0 radical (unpaired) electrons. The maximum Gasteiger partial charge on any atom is 0.238 e. The molecule has 1 N–H and O–H groups in total. The molecule has 24 heavy (non-hydrogen) atoms. The van der Waals surface area contributed by atoms with Crippen LogP contribution in [0.15, 0.2) is 83.5 Å². The maximum atomic E-state index is 12.4. The van der Waals surface area contributed by atoms with E-state index in [9.17, 15) is 4.79 Å². The monoisotopic (exact) mass is 320 g/mol. The molecule has 0 unspecified atom stereocenters. The van der Waals surface area contributed by atoms with E-state index in [2.05, 4.69) is 22.3 Å². The third-order valence-electron chi connectivity index (χ3n) is 3.63. The van der Waals surface area contributed by atoms with Crippen LogP contribution >= 0.6 is 0 Å². The zero-order valence-corrected chi connectivity index (χ0v) is 13.4. The van der Waals surface area contributed by atoms with Gasteiger partial charge in [-0.3, -0.25) is 9.69 Å². The van der Waals surface area contributed by atoms with Crippen LogP contribution in [0.1, 0.15) is 11.3 Å². The Morgan fingerprint density at radius 1 is 0.875 bits per heavy atom. The standard InChI is InChI=1S/C20H20N2O2/c23-20(21-18-10-5-2-6-11-18)16-22(15-19-12-7-13-24-19)14-17-8-3-1-4-9-17/h1-13H,14-16H2,(H,21,23). The highest BCUT2D eigenvalue weighted by molar-refractivity contribution is 5.92. The Kier molecular flexibility index (Phi) is 5.43. The minimum Gasteiger partial charge on any atom is -0.468 e. The largest absolute Gasteiger partial charge is 0.468 e. The molecule has 1 aromatic heterocycles. The average molecular weight is 320 g/mol. The number of amides is 1. The number of hydrogen-bond acceptors (Lipinski definition) is 3. The van der Waals surface area contributed by atoms with Gasteiger partial charge in [0.05, 0.1) is 19.4 Å². The van der Waals surface area contributed by atoms with Crippen molar-refractivity contribution in [2.75, 3.05) is 11.9 Å². The summed E-state index contributed by atoms with van der Waals surface area (Å²) in [5.74, 6) is 0.808. The molecular formula is C20H20N2O2.